The Labute approximate surface area is 135 Å². The van der Waals surface area contributed by atoms with Crippen molar-refractivity contribution in [2.45, 2.75) is 13.0 Å². The van der Waals surface area contributed by atoms with Crippen molar-refractivity contribution in [1.29, 1.82) is 0 Å². The number of aliphatic hydroxyl groups excluding tert-OH is 1. The second kappa shape index (κ2) is 6.43. The first-order valence-corrected chi connectivity index (χ1v) is 8.46. The number of aromatic nitrogens is 1. The summed E-state index contributed by atoms with van der Waals surface area (Å²) in [6, 6.07) is 5.52. The summed E-state index contributed by atoms with van der Waals surface area (Å²) >= 11 is 2.86. The third-order valence-corrected chi connectivity index (χ3v) is 4.63. The summed E-state index contributed by atoms with van der Waals surface area (Å²) in [7, 11) is 0. The fraction of sp³-hybridized carbons (Fsp3) is 0.200. The maximum Gasteiger partial charge on any atom is 0.270 e. The van der Waals surface area contributed by atoms with Gasteiger partial charge < -0.3 is 14.8 Å². The first-order chi connectivity index (χ1) is 10.6. The molecule has 3 aromatic rings. The SMILES string of the molecule is Cc1ccc(-c2nc(C(=O)NCC(O)c3ccsc3)cs2)o1. The van der Waals surface area contributed by atoms with Gasteiger partial charge in [0.2, 0.25) is 0 Å². The van der Waals surface area contributed by atoms with E-state index in [0.717, 1.165) is 11.3 Å². The Morgan fingerprint density at radius 2 is 2.27 bits per heavy atom. The first kappa shape index (κ1) is 15.0. The average Bonchev–Trinajstić information content (AvgIpc) is 3.23. The van der Waals surface area contributed by atoms with Crippen LogP contribution in [0.2, 0.25) is 0 Å². The van der Waals surface area contributed by atoms with Gasteiger partial charge in [0.1, 0.15) is 11.5 Å². The predicted octanol–water partition coefficient (Wildman–Crippen LogP) is 3.24. The molecular weight excluding hydrogens is 320 g/mol. The highest BCUT2D eigenvalue weighted by molar-refractivity contribution is 7.13. The van der Waals surface area contributed by atoms with E-state index < -0.39 is 6.10 Å². The van der Waals surface area contributed by atoms with Crippen LogP contribution in [0.15, 0.2) is 38.8 Å². The van der Waals surface area contributed by atoms with E-state index in [1.54, 1.807) is 5.38 Å². The fourth-order valence-corrected chi connectivity index (χ4v) is 3.37. The molecule has 0 saturated heterocycles. The molecule has 22 heavy (non-hydrogen) atoms. The highest BCUT2D eigenvalue weighted by atomic mass is 32.1. The summed E-state index contributed by atoms with van der Waals surface area (Å²) < 4.78 is 5.49. The van der Waals surface area contributed by atoms with E-state index in [9.17, 15) is 9.90 Å². The van der Waals surface area contributed by atoms with E-state index in [0.29, 0.717) is 16.5 Å². The van der Waals surface area contributed by atoms with Crippen LogP contribution in [0.4, 0.5) is 0 Å². The number of aliphatic hydroxyl groups is 1. The minimum atomic E-state index is -0.707. The zero-order valence-electron chi connectivity index (χ0n) is 11.8. The lowest BCUT2D eigenvalue weighted by Crippen LogP contribution is -2.28. The van der Waals surface area contributed by atoms with E-state index in [-0.39, 0.29) is 12.5 Å². The summed E-state index contributed by atoms with van der Waals surface area (Å²) in [6.07, 6.45) is -0.707. The standard InChI is InChI=1S/C15H14N2O3S2/c1-9-2-3-13(20-9)15-17-11(8-22-15)14(19)16-6-12(18)10-4-5-21-7-10/h2-5,7-8,12,18H,6H2,1H3,(H,16,19). The maximum absolute atomic E-state index is 12.1. The molecule has 0 aliphatic heterocycles. The number of thiophene rings is 1. The maximum atomic E-state index is 12.1. The van der Waals surface area contributed by atoms with E-state index in [2.05, 4.69) is 10.3 Å². The van der Waals surface area contributed by atoms with Crippen molar-refractivity contribution in [3.8, 4) is 10.8 Å². The van der Waals surface area contributed by atoms with Gasteiger partial charge in [0.15, 0.2) is 10.8 Å². The third kappa shape index (κ3) is 3.27. The summed E-state index contributed by atoms with van der Waals surface area (Å²) in [5.74, 6) is 1.15. The number of nitrogens with one attached hydrogen (secondary N) is 1. The van der Waals surface area contributed by atoms with Gasteiger partial charge >= 0.3 is 0 Å². The molecule has 1 atom stereocenters. The Hall–Kier alpha value is -1.96. The number of aryl methyl sites for hydroxylation is 1. The highest BCUT2D eigenvalue weighted by Crippen LogP contribution is 2.25. The highest BCUT2D eigenvalue weighted by Gasteiger charge is 2.15. The Bertz CT molecular complexity index is 761. The number of nitrogens with zero attached hydrogens (tertiary/aromatic N) is 1. The van der Waals surface area contributed by atoms with Crippen LogP contribution < -0.4 is 5.32 Å². The van der Waals surface area contributed by atoms with Crippen LogP contribution in [0.5, 0.6) is 0 Å². The normalized spacial score (nSPS) is 12.3. The summed E-state index contributed by atoms with van der Waals surface area (Å²) in [4.78, 5) is 16.3. The van der Waals surface area contributed by atoms with Gasteiger partial charge in [-0.25, -0.2) is 4.98 Å². The lowest BCUT2D eigenvalue weighted by atomic mass is 10.2. The van der Waals surface area contributed by atoms with Crippen LogP contribution in [-0.2, 0) is 0 Å². The smallest absolute Gasteiger partial charge is 0.270 e. The molecule has 0 aliphatic rings. The second-order valence-corrected chi connectivity index (χ2v) is 6.37. The number of furan rings is 1. The van der Waals surface area contributed by atoms with Crippen LogP contribution in [0.1, 0.15) is 27.9 Å². The topological polar surface area (TPSA) is 75.4 Å². The summed E-state index contributed by atoms with van der Waals surface area (Å²) in [6.45, 7) is 2.01. The Kier molecular flexibility index (Phi) is 4.37. The molecule has 0 spiro atoms. The largest absolute Gasteiger partial charge is 0.459 e. The second-order valence-electron chi connectivity index (χ2n) is 4.73. The molecule has 3 heterocycles. The monoisotopic (exact) mass is 334 g/mol. The molecule has 2 N–H and O–H groups in total. The van der Waals surface area contributed by atoms with Crippen molar-refractivity contribution in [1.82, 2.24) is 10.3 Å². The van der Waals surface area contributed by atoms with Crippen LogP contribution in [-0.4, -0.2) is 22.5 Å². The molecule has 0 aromatic carbocycles. The van der Waals surface area contributed by atoms with Gasteiger partial charge in [-0.15, -0.1) is 11.3 Å². The molecule has 0 saturated carbocycles. The van der Waals surface area contributed by atoms with Crippen molar-refractivity contribution in [2.75, 3.05) is 6.54 Å². The number of carbonyl (C=O) groups excluding carboxylic acids is 1. The van der Waals surface area contributed by atoms with Crippen molar-refractivity contribution in [3.63, 3.8) is 0 Å². The lowest BCUT2D eigenvalue weighted by molar-refractivity contribution is 0.0912. The summed E-state index contributed by atoms with van der Waals surface area (Å²) in [5, 5.41) is 18.7. The first-order valence-electron chi connectivity index (χ1n) is 6.64. The number of thiazole rings is 1. The van der Waals surface area contributed by atoms with Crippen LogP contribution in [0, 0.1) is 6.92 Å². The molecule has 7 heteroatoms. The molecule has 0 aliphatic carbocycles. The van der Waals surface area contributed by atoms with Gasteiger partial charge in [0.25, 0.3) is 5.91 Å². The van der Waals surface area contributed by atoms with Gasteiger partial charge in [-0.2, -0.15) is 11.3 Å². The van der Waals surface area contributed by atoms with Gasteiger partial charge in [0.05, 0.1) is 6.10 Å². The zero-order valence-corrected chi connectivity index (χ0v) is 13.4. The molecule has 3 aromatic heterocycles. The number of hydrogen-bond acceptors (Lipinski definition) is 6. The Morgan fingerprint density at radius 3 is 2.95 bits per heavy atom. The van der Waals surface area contributed by atoms with E-state index in [4.69, 9.17) is 4.42 Å². The Balaban J connectivity index is 1.62. The van der Waals surface area contributed by atoms with Gasteiger partial charge in [0, 0.05) is 11.9 Å². The average molecular weight is 334 g/mol. The zero-order chi connectivity index (χ0) is 15.5. The van der Waals surface area contributed by atoms with Crippen LogP contribution >= 0.6 is 22.7 Å². The van der Waals surface area contributed by atoms with E-state index >= 15 is 0 Å². The van der Waals surface area contributed by atoms with Gasteiger partial charge in [-0.05, 0) is 41.4 Å². The quantitative estimate of drug-likeness (QED) is 0.751. The fourth-order valence-electron chi connectivity index (χ4n) is 1.90. The van der Waals surface area contributed by atoms with E-state index in [1.807, 2.05) is 35.9 Å². The van der Waals surface area contributed by atoms with Crippen molar-refractivity contribution in [2.24, 2.45) is 0 Å². The molecule has 3 rings (SSSR count). The van der Waals surface area contributed by atoms with Crippen LogP contribution in [0.25, 0.3) is 10.8 Å². The van der Waals surface area contributed by atoms with Crippen molar-refractivity contribution in [3.05, 3.63) is 51.4 Å². The third-order valence-electron chi connectivity index (χ3n) is 3.07. The number of hydrogen-bond donors (Lipinski definition) is 2. The summed E-state index contributed by atoms with van der Waals surface area (Å²) in [5.41, 5.74) is 1.13. The molecular formula is C15H14N2O3S2. The van der Waals surface area contributed by atoms with E-state index in [1.165, 1.54) is 22.7 Å². The number of rotatable bonds is 5. The minimum Gasteiger partial charge on any atom is -0.459 e. The molecule has 5 nitrogen and oxygen atoms in total. The molecule has 0 bridgehead atoms. The molecule has 1 unspecified atom stereocenters. The van der Waals surface area contributed by atoms with Crippen molar-refractivity contribution >= 4 is 28.6 Å². The Morgan fingerprint density at radius 1 is 1.41 bits per heavy atom. The van der Waals surface area contributed by atoms with Crippen molar-refractivity contribution < 1.29 is 14.3 Å². The van der Waals surface area contributed by atoms with Gasteiger partial charge in [-0.1, -0.05) is 0 Å². The lowest BCUT2D eigenvalue weighted by Gasteiger charge is -2.09. The molecule has 0 radical (unpaired) electrons. The van der Waals surface area contributed by atoms with Gasteiger partial charge in [-0.3, -0.25) is 4.79 Å². The number of amides is 1. The molecule has 0 fully saturated rings. The molecule has 1 amide bonds. The predicted molar refractivity (Wildman–Crippen MR) is 86.2 cm³/mol. The molecule has 114 valence electrons. The number of carbonyl (C=O) groups is 1. The van der Waals surface area contributed by atoms with Crippen LogP contribution in [0.3, 0.4) is 0 Å². The minimum absolute atomic E-state index is 0.155.